The summed E-state index contributed by atoms with van der Waals surface area (Å²) in [4.78, 5) is 26.3. The number of carbonyl (C=O) groups excluding carboxylic acids is 2. The summed E-state index contributed by atoms with van der Waals surface area (Å²) >= 11 is 1.77. The number of amides is 2. The van der Waals surface area contributed by atoms with Gasteiger partial charge in [0.1, 0.15) is 0 Å². The minimum absolute atomic E-state index is 0.00478. The number of piperidine rings is 1. The van der Waals surface area contributed by atoms with Crippen LogP contribution in [0, 0.1) is 0 Å². The Labute approximate surface area is 154 Å². The molecule has 1 aromatic rings. The SMILES string of the molecule is CCCNC(=O)CN1CCC(NC(=O)c2ccc(CSC)cc2)CC1. The number of hydrogen-bond donors (Lipinski definition) is 2. The number of carbonyl (C=O) groups is 2. The monoisotopic (exact) mass is 363 g/mol. The van der Waals surface area contributed by atoms with E-state index in [1.165, 1.54) is 5.56 Å². The van der Waals surface area contributed by atoms with Crippen LogP contribution in [0.2, 0.25) is 0 Å². The average molecular weight is 364 g/mol. The molecule has 1 aliphatic rings. The van der Waals surface area contributed by atoms with Crippen molar-refractivity contribution < 1.29 is 9.59 Å². The minimum atomic E-state index is -0.00478. The lowest BCUT2D eigenvalue weighted by Gasteiger charge is -2.31. The quantitative estimate of drug-likeness (QED) is 0.744. The largest absolute Gasteiger partial charge is 0.355 e. The summed E-state index contributed by atoms with van der Waals surface area (Å²) in [6.45, 7) is 4.93. The second kappa shape index (κ2) is 10.5. The maximum Gasteiger partial charge on any atom is 0.251 e. The van der Waals surface area contributed by atoms with Gasteiger partial charge in [-0.05, 0) is 43.2 Å². The molecule has 0 aromatic heterocycles. The van der Waals surface area contributed by atoms with E-state index in [4.69, 9.17) is 0 Å². The van der Waals surface area contributed by atoms with Crippen LogP contribution in [0.1, 0.15) is 42.1 Å². The van der Waals surface area contributed by atoms with E-state index in [-0.39, 0.29) is 17.9 Å². The number of thioether (sulfide) groups is 1. The van der Waals surface area contributed by atoms with Crippen molar-refractivity contribution in [1.82, 2.24) is 15.5 Å². The summed E-state index contributed by atoms with van der Waals surface area (Å²) in [7, 11) is 0. The molecule has 25 heavy (non-hydrogen) atoms. The molecular weight excluding hydrogens is 334 g/mol. The Morgan fingerprint density at radius 2 is 1.88 bits per heavy atom. The molecule has 5 nitrogen and oxygen atoms in total. The first-order chi connectivity index (χ1) is 12.1. The number of likely N-dealkylation sites (tertiary alicyclic amines) is 1. The predicted octanol–water partition coefficient (Wildman–Crippen LogP) is 2.27. The molecule has 2 N–H and O–H groups in total. The third-order valence-corrected chi connectivity index (χ3v) is 5.01. The maximum absolute atomic E-state index is 12.4. The molecule has 2 amide bonds. The van der Waals surface area contributed by atoms with Crippen LogP contribution in [0.25, 0.3) is 0 Å². The summed E-state index contributed by atoms with van der Waals surface area (Å²) in [6, 6.07) is 8.02. The number of rotatable bonds is 8. The van der Waals surface area contributed by atoms with Gasteiger partial charge in [-0.1, -0.05) is 19.1 Å². The van der Waals surface area contributed by atoms with Gasteiger partial charge in [0.15, 0.2) is 0 Å². The Bertz CT molecular complexity index is 554. The van der Waals surface area contributed by atoms with Gasteiger partial charge in [0.05, 0.1) is 6.54 Å². The molecule has 0 bridgehead atoms. The topological polar surface area (TPSA) is 61.4 Å². The van der Waals surface area contributed by atoms with Gasteiger partial charge in [0.25, 0.3) is 5.91 Å². The Balaban J connectivity index is 1.73. The van der Waals surface area contributed by atoms with Crippen molar-refractivity contribution in [3.8, 4) is 0 Å². The van der Waals surface area contributed by atoms with Crippen LogP contribution in [-0.4, -0.2) is 55.2 Å². The molecule has 0 aliphatic carbocycles. The molecule has 0 atom stereocenters. The van der Waals surface area contributed by atoms with Crippen molar-refractivity contribution in [3.05, 3.63) is 35.4 Å². The van der Waals surface area contributed by atoms with Crippen LogP contribution < -0.4 is 10.6 Å². The van der Waals surface area contributed by atoms with Crippen LogP contribution in [-0.2, 0) is 10.5 Å². The molecule has 0 radical (unpaired) electrons. The first-order valence-corrected chi connectivity index (χ1v) is 10.4. The van der Waals surface area contributed by atoms with Crippen molar-refractivity contribution in [2.45, 2.75) is 38.0 Å². The lowest BCUT2D eigenvalue weighted by molar-refractivity contribution is -0.122. The molecule has 1 aliphatic heterocycles. The third-order valence-electron chi connectivity index (χ3n) is 4.39. The van der Waals surface area contributed by atoms with Crippen molar-refractivity contribution in [2.75, 3.05) is 32.4 Å². The number of hydrogen-bond acceptors (Lipinski definition) is 4. The van der Waals surface area contributed by atoms with Crippen LogP contribution >= 0.6 is 11.8 Å². The Kier molecular flexibility index (Phi) is 8.28. The highest BCUT2D eigenvalue weighted by atomic mass is 32.2. The molecule has 138 valence electrons. The van der Waals surface area contributed by atoms with Gasteiger partial charge < -0.3 is 10.6 Å². The second-order valence-electron chi connectivity index (χ2n) is 6.50. The zero-order valence-electron chi connectivity index (χ0n) is 15.2. The Morgan fingerprint density at radius 3 is 2.48 bits per heavy atom. The fourth-order valence-electron chi connectivity index (χ4n) is 2.95. The summed E-state index contributed by atoms with van der Waals surface area (Å²) in [6.07, 6.45) is 4.80. The van der Waals surface area contributed by atoms with Crippen LogP contribution in [0.3, 0.4) is 0 Å². The summed E-state index contributed by atoms with van der Waals surface area (Å²) in [5.41, 5.74) is 1.95. The second-order valence-corrected chi connectivity index (χ2v) is 7.37. The van der Waals surface area contributed by atoms with Gasteiger partial charge in [-0.25, -0.2) is 0 Å². The van der Waals surface area contributed by atoms with Crippen LogP contribution in [0.4, 0.5) is 0 Å². The van der Waals surface area contributed by atoms with Crippen molar-refractivity contribution in [3.63, 3.8) is 0 Å². The molecule has 0 saturated carbocycles. The molecule has 1 aromatic carbocycles. The van der Waals surface area contributed by atoms with E-state index in [9.17, 15) is 9.59 Å². The van der Waals surface area contributed by atoms with E-state index < -0.39 is 0 Å². The van der Waals surface area contributed by atoms with Crippen molar-refractivity contribution >= 4 is 23.6 Å². The van der Waals surface area contributed by atoms with Crippen LogP contribution in [0.15, 0.2) is 24.3 Å². The number of benzene rings is 1. The standard InChI is InChI=1S/C19H29N3O2S/c1-3-10-20-18(23)13-22-11-8-17(9-12-22)21-19(24)16-6-4-15(5-7-16)14-25-2/h4-7,17H,3,8-14H2,1-2H3,(H,20,23)(H,21,24). The Hall–Kier alpha value is -1.53. The van der Waals surface area contributed by atoms with E-state index in [2.05, 4.69) is 21.8 Å². The van der Waals surface area contributed by atoms with Gasteiger partial charge >= 0.3 is 0 Å². The minimum Gasteiger partial charge on any atom is -0.355 e. The first-order valence-electron chi connectivity index (χ1n) is 9.00. The molecule has 1 heterocycles. The lowest BCUT2D eigenvalue weighted by atomic mass is 10.0. The summed E-state index contributed by atoms with van der Waals surface area (Å²) in [5.74, 6) is 1.05. The van der Waals surface area contributed by atoms with E-state index in [0.717, 1.165) is 44.6 Å². The average Bonchev–Trinajstić information content (AvgIpc) is 2.62. The molecule has 0 unspecified atom stereocenters. The lowest BCUT2D eigenvalue weighted by Crippen LogP contribution is -2.47. The zero-order chi connectivity index (χ0) is 18.1. The van der Waals surface area contributed by atoms with Gasteiger partial charge in [0, 0.05) is 37.0 Å². The fourth-order valence-corrected chi connectivity index (χ4v) is 3.47. The highest BCUT2D eigenvalue weighted by molar-refractivity contribution is 7.97. The van der Waals surface area contributed by atoms with Gasteiger partial charge in [-0.2, -0.15) is 11.8 Å². The molecule has 6 heteroatoms. The fraction of sp³-hybridized carbons (Fsp3) is 0.579. The normalized spacial score (nSPS) is 15.8. The van der Waals surface area contributed by atoms with E-state index in [1.54, 1.807) is 11.8 Å². The first kappa shape index (κ1) is 19.8. The smallest absolute Gasteiger partial charge is 0.251 e. The van der Waals surface area contributed by atoms with Gasteiger partial charge in [0.2, 0.25) is 5.91 Å². The molecule has 1 saturated heterocycles. The van der Waals surface area contributed by atoms with E-state index in [1.807, 2.05) is 31.2 Å². The number of nitrogens with zero attached hydrogens (tertiary/aromatic N) is 1. The summed E-state index contributed by atoms with van der Waals surface area (Å²) in [5, 5.41) is 6.03. The highest BCUT2D eigenvalue weighted by Gasteiger charge is 2.22. The zero-order valence-corrected chi connectivity index (χ0v) is 16.0. The van der Waals surface area contributed by atoms with Crippen molar-refractivity contribution in [2.24, 2.45) is 0 Å². The van der Waals surface area contributed by atoms with E-state index in [0.29, 0.717) is 12.1 Å². The Morgan fingerprint density at radius 1 is 1.20 bits per heavy atom. The third kappa shape index (κ3) is 6.71. The van der Waals surface area contributed by atoms with Crippen LogP contribution in [0.5, 0.6) is 0 Å². The maximum atomic E-state index is 12.4. The number of nitrogens with one attached hydrogen (secondary N) is 2. The van der Waals surface area contributed by atoms with E-state index >= 15 is 0 Å². The van der Waals surface area contributed by atoms with Gasteiger partial charge in [-0.3, -0.25) is 14.5 Å². The molecule has 2 rings (SSSR count). The molecule has 1 fully saturated rings. The van der Waals surface area contributed by atoms with Gasteiger partial charge in [-0.15, -0.1) is 0 Å². The highest BCUT2D eigenvalue weighted by Crippen LogP contribution is 2.13. The molecular formula is C19H29N3O2S. The molecule has 0 spiro atoms. The summed E-state index contributed by atoms with van der Waals surface area (Å²) < 4.78 is 0. The van der Waals surface area contributed by atoms with Crippen molar-refractivity contribution in [1.29, 1.82) is 0 Å². The predicted molar refractivity (Wildman–Crippen MR) is 104 cm³/mol.